The summed E-state index contributed by atoms with van der Waals surface area (Å²) in [4.78, 5) is 0. The summed E-state index contributed by atoms with van der Waals surface area (Å²) in [6, 6.07) is 0.154. The Balaban J connectivity index is 2.37. The average Bonchev–Trinajstić information content (AvgIpc) is 2.64. The van der Waals surface area contributed by atoms with Crippen LogP contribution in [0.25, 0.3) is 0 Å². The van der Waals surface area contributed by atoms with Crippen molar-refractivity contribution in [3.63, 3.8) is 0 Å². The Kier molecular flexibility index (Phi) is 6.07. The van der Waals surface area contributed by atoms with Crippen molar-refractivity contribution in [2.75, 3.05) is 20.3 Å². The second-order valence-electron chi connectivity index (χ2n) is 4.31. The van der Waals surface area contributed by atoms with Gasteiger partial charge < -0.3 is 15.4 Å². The zero-order chi connectivity index (χ0) is 13.5. The molecule has 0 aliphatic carbocycles. The molecule has 0 radical (unpaired) electrons. The fraction of sp³-hybridized carbons (Fsp3) is 0.667. The van der Waals surface area contributed by atoms with Gasteiger partial charge in [0.25, 0.3) is 0 Å². The smallest absolute Gasteiger partial charge is 0.166 e. The van der Waals surface area contributed by atoms with Crippen molar-refractivity contribution in [1.82, 2.24) is 20.4 Å². The topological polar surface area (TPSA) is 51.1 Å². The molecule has 2 N–H and O–H groups in total. The third kappa shape index (κ3) is 4.62. The van der Waals surface area contributed by atoms with Gasteiger partial charge in [-0.25, -0.2) is 0 Å². The average molecular weight is 270 g/mol. The minimum Gasteiger partial charge on any atom is -0.385 e. The van der Waals surface area contributed by atoms with Crippen LogP contribution in [0.15, 0.2) is 6.20 Å². The van der Waals surface area contributed by atoms with Crippen LogP contribution in [0.2, 0.25) is 0 Å². The zero-order valence-electron chi connectivity index (χ0n) is 11.5. The molecule has 0 spiro atoms. The number of nitrogens with one attached hydrogen (secondary N) is 2. The minimum absolute atomic E-state index is 0.154. The monoisotopic (exact) mass is 270 g/mol. The maximum Gasteiger partial charge on any atom is 0.166 e. The van der Waals surface area contributed by atoms with Crippen LogP contribution in [0.3, 0.4) is 0 Å². The van der Waals surface area contributed by atoms with E-state index < -0.39 is 0 Å². The van der Waals surface area contributed by atoms with Crippen LogP contribution in [0.5, 0.6) is 0 Å². The zero-order valence-corrected chi connectivity index (χ0v) is 12.3. The molecule has 0 aliphatic heterocycles. The maximum atomic E-state index is 5.24. The Morgan fingerprint density at radius 3 is 2.89 bits per heavy atom. The highest BCUT2D eigenvalue weighted by molar-refractivity contribution is 7.80. The predicted octanol–water partition coefficient (Wildman–Crippen LogP) is 1.29. The standard InChI is InChI=1S/C12H22N4OS/c1-9(11-8-16(3)15-10(11)2)14-12(18)13-6-5-7-17-4/h8-9H,5-7H2,1-4H3,(H2,13,14,18). The number of hydrogen-bond donors (Lipinski definition) is 2. The molecule has 0 saturated carbocycles. The highest BCUT2D eigenvalue weighted by atomic mass is 32.1. The SMILES string of the molecule is COCCCNC(=S)NC(C)c1cn(C)nc1C. The van der Waals surface area contributed by atoms with Gasteiger partial charge in [-0.15, -0.1) is 0 Å². The summed E-state index contributed by atoms with van der Waals surface area (Å²) in [5, 5.41) is 11.4. The summed E-state index contributed by atoms with van der Waals surface area (Å²) in [5.41, 5.74) is 2.19. The van der Waals surface area contributed by atoms with Gasteiger partial charge in [0.1, 0.15) is 0 Å². The molecule has 1 atom stereocenters. The van der Waals surface area contributed by atoms with Crippen LogP contribution in [-0.4, -0.2) is 35.2 Å². The molecule has 1 rings (SSSR count). The van der Waals surface area contributed by atoms with Crippen molar-refractivity contribution in [2.24, 2.45) is 7.05 Å². The lowest BCUT2D eigenvalue weighted by Gasteiger charge is -2.16. The molecule has 1 aromatic rings. The third-order valence-corrected chi connectivity index (χ3v) is 2.94. The number of aryl methyl sites for hydroxylation is 2. The summed E-state index contributed by atoms with van der Waals surface area (Å²) in [7, 11) is 3.62. The molecular formula is C12H22N4OS. The third-order valence-electron chi connectivity index (χ3n) is 2.68. The number of methoxy groups -OCH3 is 1. The van der Waals surface area contributed by atoms with E-state index in [-0.39, 0.29) is 6.04 Å². The van der Waals surface area contributed by atoms with Gasteiger partial charge in [0.15, 0.2) is 5.11 Å². The van der Waals surface area contributed by atoms with Crippen molar-refractivity contribution in [3.8, 4) is 0 Å². The molecule has 0 bridgehead atoms. The molecule has 18 heavy (non-hydrogen) atoms. The Morgan fingerprint density at radius 1 is 1.61 bits per heavy atom. The van der Waals surface area contributed by atoms with Crippen LogP contribution in [0.1, 0.15) is 30.6 Å². The van der Waals surface area contributed by atoms with Gasteiger partial charge in [-0.1, -0.05) is 0 Å². The van der Waals surface area contributed by atoms with Gasteiger partial charge >= 0.3 is 0 Å². The molecule has 1 aromatic heterocycles. The molecule has 0 aliphatic rings. The Bertz CT molecular complexity index is 391. The summed E-state index contributed by atoms with van der Waals surface area (Å²) < 4.78 is 6.80. The van der Waals surface area contributed by atoms with Gasteiger partial charge in [-0.05, 0) is 32.5 Å². The van der Waals surface area contributed by atoms with Gasteiger partial charge in [0, 0.05) is 39.1 Å². The number of rotatable bonds is 6. The van der Waals surface area contributed by atoms with Gasteiger partial charge in [0.2, 0.25) is 0 Å². The molecule has 0 amide bonds. The van der Waals surface area contributed by atoms with E-state index in [9.17, 15) is 0 Å². The number of hydrogen-bond acceptors (Lipinski definition) is 3. The number of aromatic nitrogens is 2. The fourth-order valence-corrected chi connectivity index (χ4v) is 2.07. The molecule has 0 fully saturated rings. The molecule has 102 valence electrons. The molecular weight excluding hydrogens is 248 g/mol. The second kappa shape index (κ2) is 7.33. The molecule has 1 heterocycles. The maximum absolute atomic E-state index is 5.24. The van der Waals surface area contributed by atoms with E-state index in [0.29, 0.717) is 5.11 Å². The molecule has 0 aromatic carbocycles. The summed E-state index contributed by atoms with van der Waals surface area (Å²) >= 11 is 5.24. The highest BCUT2D eigenvalue weighted by Gasteiger charge is 2.12. The van der Waals surface area contributed by atoms with Gasteiger partial charge in [0.05, 0.1) is 11.7 Å². The largest absolute Gasteiger partial charge is 0.385 e. The molecule has 6 heteroatoms. The lowest BCUT2D eigenvalue weighted by Crippen LogP contribution is -2.37. The minimum atomic E-state index is 0.154. The summed E-state index contributed by atoms with van der Waals surface area (Å²) in [6.45, 7) is 5.64. The molecule has 1 unspecified atom stereocenters. The van der Waals surface area contributed by atoms with Crippen LogP contribution in [0, 0.1) is 6.92 Å². The van der Waals surface area contributed by atoms with Crippen LogP contribution < -0.4 is 10.6 Å². The van der Waals surface area contributed by atoms with Crippen molar-refractivity contribution < 1.29 is 4.74 Å². The number of ether oxygens (including phenoxy) is 1. The van der Waals surface area contributed by atoms with E-state index in [1.807, 2.05) is 24.9 Å². The van der Waals surface area contributed by atoms with Crippen molar-refractivity contribution >= 4 is 17.3 Å². The van der Waals surface area contributed by atoms with E-state index in [1.54, 1.807) is 7.11 Å². The summed E-state index contributed by atoms with van der Waals surface area (Å²) in [5.74, 6) is 0. The van der Waals surface area contributed by atoms with Crippen LogP contribution in [0.4, 0.5) is 0 Å². The lowest BCUT2D eigenvalue weighted by molar-refractivity contribution is 0.195. The van der Waals surface area contributed by atoms with Crippen molar-refractivity contribution in [2.45, 2.75) is 26.3 Å². The van der Waals surface area contributed by atoms with Crippen LogP contribution in [-0.2, 0) is 11.8 Å². The highest BCUT2D eigenvalue weighted by Crippen LogP contribution is 2.14. The van der Waals surface area contributed by atoms with E-state index >= 15 is 0 Å². The first kappa shape index (κ1) is 14.9. The molecule has 0 saturated heterocycles. The first-order valence-electron chi connectivity index (χ1n) is 6.08. The van der Waals surface area contributed by atoms with Crippen molar-refractivity contribution in [3.05, 3.63) is 17.5 Å². The first-order valence-corrected chi connectivity index (χ1v) is 6.49. The summed E-state index contributed by atoms with van der Waals surface area (Å²) in [6.07, 6.45) is 2.96. The normalized spacial score (nSPS) is 12.2. The number of thiocarbonyl (C=S) groups is 1. The Labute approximate surface area is 114 Å². The van der Waals surface area contributed by atoms with Gasteiger partial charge in [-0.3, -0.25) is 4.68 Å². The first-order chi connectivity index (χ1) is 8.54. The quantitative estimate of drug-likeness (QED) is 0.602. The van der Waals surface area contributed by atoms with Gasteiger partial charge in [-0.2, -0.15) is 5.10 Å². The lowest BCUT2D eigenvalue weighted by atomic mass is 10.1. The molecule has 5 nitrogen and oxygen atoms in total. The van der Waals surface area contributed by atoms with Crippen LogP contribution >= 0.6 is 12.2 Å². The van der Waals surface area contributed by atoms with E-state index in [0.717, 1.165) is 25.3 Å². The number of nitrogens with zero attached hydrogens (tertiary/aromatic N) is 2. The van der Waals surface area contributed by atoms with E-state index in [1.165, 1.54) is 5.56 Å². The fourth-order valence-electron chi connectivity index (χ4n) is 1.79. The predicted molar refractivity (Wildman–Crippen MR) is 76.6 cm³/mol. The van der Waals surface area contributed by atoms with E-state index in [2.05, 4.69) is 22.7 Å². The van der Waals surface area contributed by atoms with E-state index in [4.69, 9.17) is 17.0 Å². The van der Waals surface area contributed by atoms with Crippen molar-refractivity contribution in [1.29, 1.82) is 0 Å². The second-order valence-corrected chi connectivity index (χ2v) is 4.72. The Hall–Kier alpha value is -1.14. The Morgan fingerprint density at radius 2 is 2.33 bits per heavy atom.